The minimum Gasteiger partial charge on any atom is -0.388 e. The number of nitrogens with one attached hydrogen (secondary N) is 1. The number of hydrogen-bond donors (Lipinski definition) is 1. The molecule has 16 heavy (non-hydrogen) atoms. The van der Waals surface area contributed by atoms with Crippen molar-refractivity contribution in [2.45, 2.75) is 6.18 Å². The van der Waals surface area contributed by atoms with Gasteiger partial charge in [0.05, 0.1) is 5.57 Å². The van der Waals surface area contributed by atoms with Gasteiger partial charge in [-0.25, -0.2) is 0 Å². The van der Waals surface area contributed by atoms with Crippen LogP contribution in [0.4, 0.5) is 18.9 Å². The largest absolute Gasteiger partial charge is 0.418 e. The minimum atomic E-state index is -4.44. The Balaban J connectivity index is 3.22. The summed E-state index contributed by atoms with van der Waals surface area (Å²) in [5.41, 5.74) is -0.136. The Hall–Kier alpha value is -1.78. The van der Waals surface area contributed by atoms with Crippen molar-refractivity contribution in [2.24, 2.45) is 4.99 Å². The maximum absolute atomic E-state index is 12.7. The lowest BCUT2D eigenvalue weighted by Gasteiger charge is -2.12. The summed E-state index contributed by atoms with van der Waals surface area (Å²) < 4.78 is 38.0. The third-order valence-electron chi connectivity index (χ3n) is 1.99. The molecule has 0 bridgehead atoms. The van der Waals surface area contributed by atoms with Crippen LogP contribution in [0.2, 0.25) is 0 Å². The van der Waals surface area contributed by atoms with Crippen LogP contribution in [0.25, 0.3) is 5.57 Å². The molecule has 1 rings (SSSR count). The molecule has 0 amide bonds. The lowest BCUT2D eigenvalue weighted by atomic mass is 10.1. The van der Waals surface area contributed by atoms with Crippen LogP contribution < -0.4 is 5.32 Å². The summed E-state index contributed by atoms with van der Waals surface area (Å²) in [7, 11) is 1.64. The zero-order valence-corrected chi connectivity index (χ0v) is 8.67. The zero-order valence-electron chi connectivity index (χ0n) is 8.67. The van der Waals surface area contributed by atoms with E-state index in [4.69, 9.17) is 0 Å². The molecule has 1 aromatic rings. The number of nitrogens with zero attached hydrogens (tertiary/aromatic N) is 1. The summed E-state index contributed by atoms with van der Waals surface area (Å²) >= 11 is 0. The number of allylic oxidation sites excluding steroid dienone is 1. The number of aliphatic imine (C=N–C) groups is 1. The van der Waals surface area contributed by atoms with Crippen LogP contribution in [-0.2, 0) is 0 Å². The van der Waals surface area contributed by atoms with Crippen molar-refractivity contribution in [3.05, 3.63) is 36.0 Å². The Morgan fingerprint density at radius 1 is 1.44 bits per heavy atom. The van der Waals surface area contributed by atoms with Gasteiger partial charge in [-0.1, -0.05) is 12.1 Å². The van der Waals surface area contributed by atoms with Crippen LogP contribution in [0, 0.1) is 0 Å². The van der Waals surface area contributed by atoms with Crippen molar-refractivity contribution in [1.82, 2.24) is 0 Å². The van der Waals surface area contributed by atoms with Gasteiger partial charge in [0.25, 0.3) is 0 Å². The lowest BCUT2D eigenvalue weighted by Crippen LogP contribution is -2.10. The first-order valence-corrected chi connectivity index (χ1v) is 4.50. The minimum absolute atomic E-state index is 0.0618. The van der Waals surface area contributed by atoms with Crippen molar-refractivity contribution in [3.63, 3.8) is 0 Å². The SMILES string of the molecule is C=N/C=C(\c1cccc(NC)c1)C(F)(F)F. The molecule has 0 radical (unpaired) electrons. The first-order valence-electron chi connectivity index (χ1n) is 4.50. The van der Waals surface area contributed by atoms with Crippen LogP contribution in [0.5, 0.6) is 0 Å². The van der Waals surface area contributed by atoms with E-state index >= 15 is 0 Å². The quantitative estimate of drug-likeness (QED) is 0.788. The molecule has 0 spiro atoms. The highest BCUT2D eigenvalue weighted by molar-refractivity contribution is 5.72. The van der Waals surface area contributed by atoms with Crippen LogP contribution in [0.1, 0.15) is 5.56 Å². The van der Waals surface area contributed by atoms with E-state index in [-0.39, 0.29) is 5.56 Å². The van der Waals surface area contributed by atoms with Gasteiger partial charge >= 0.3 is 6.18 Å². The Bertz CT molecular complexity index is 408. The summed E-state index contributed by atoms with van der Waals surface area (Å²) in [6.07, 6.45) is -3.72. The summed E-state index contributed by atoms with van der Waals surface area (Å²) in [4.78, 5) is 3.18. The van der Waals surface area contributed by atoms with Gasteiger partial charge in [-0.3, -0.25) is 4.99 Å². The Kier molecular flexibility index (Phi) is 3.71. The molecule has 1 aromatic carbocycles. The number of hydrogen-bond acceptors (Lipinski definition) is 2. The maximum Gasteiger partial charge on any atom is 0.418 e. The maximum atomic E-state index is 12.7. The third kappa shape index (κ3) is 2.85. The molecule has 0 aromatic heterocycles. The summed E-state index contributed by atoms with van der Waals surface area (Å²) in [5, 5.41) is 2.77. The molecule has 0 aliphatic carbocycles. The molecule has 0 saturated heterocycles. The number of anilines is 1. The molecule has 1 N–H and O–H groups in total. The standard InChI is InChI=1S/C11H11F3N2/c1-15-7-10(11(12,13)14)8-4-3-5-9(6-8)16-2/h3-7,16H,1H2,2H3/b10-7+. The highest BCUT2D eigenvalue weighted by atomic mass is 19.4. The Morgan fingerprint density at radius 2 is 2.12 bits per heavy atom. The predicted molar refractivity (Wildman–Crippen MR) is 59.6 cm³/mol. The Morgan fingerprint density at radius 3 is 2.62 bits per heavy atom. The monoisotopic (exact) mass is 228 g/mol. The van der Waals surface area contributed by atoms with Crippen molar-refractivity contribution < 1.29 is 13.2 Å². The fraction of sp³-hybridized carbons (Fsp3) is 0.182. The molecule has 5 heteroatoms. The van der Waals surface area contributed by atoms with E-state index in [1.54, 1.807) is 19.2 Å². The second-order valence-electron chi connectivity index (χ2n) is 3.05. The van der Waals surface area contributed by atoms with Gasteiger partial charge in [0.1, 0.15) is 0 Å². The molecule has 0 atom stereocenters. The molecular formula is C11H11F3N2. The number of halogens is 3. The third-order valence-corrected chi connectivity index (χ3v) is 1.99. The van der Waals surface area contributed by atoms with Gasteiger partial charge in [0.2, 0.25) is 0 Å². The van der Waals surface area contributed by atoms with Crippen LogP contribution >= 0.6 is 0 Å². The number of alkyl halides is 3. The number of rotatable bonds is 3. The van der Waals surface area contributed by atoms with Crippen LogP contribution in [0.15, 0.2) is 35.5 Å². The van der Waals surface area contributed by atoms with E-state index < -0.39 is 11.7 Å². The first kappa shape index (κ1) is 12.3. The van der Waals surface area contributed by atoms with E-state index in [9.17, 15) is 13.2 Å². The van der Waals surface area contributed by atoms with E-state index in [2.05, 4.69) is 17.0 Å². The zero-order chi connectivity index (χ0) is 12.2. The van der Waals surface area contributed by atoms with Crippen molar-refractivity contribution in [2.75, 3.05) is 12.4 Å². The Labute approximate surface area is 91.5 Å². The lowest BCUT2D eigenvalue weighted by molar-refractivity contribution is -0.0690. The van der Waals surface area contributed by atoms with Gasteiger partial charge in [-0.15, -0.1) is 0 Å². The summed E-state index contributed by atoms with van der Waals surface area (Å²) in [5.74, 6) is 0. The van der Waals surface area contributed by atoms with Crippen LogP contribution in [0.3, 0.4) is 0 Å². The molecule has 0 heterocycles. The second-order valence-corrected chi connectivity index (χ2v) is 3.05. The second kappa shape index (κ2) is 4.83. The highest BCUT2D eigenvalue weighted by Crippen LogP contribution is 2.34. The topological polar surface area (TPSA) is 24.4 Å². The van der Waals surface area contributed by atoms with Gasteiger partial charge in [0, 0.05) is 18.9 Å². The van der Waals surface area contributed by atoms with Gasteiger partial charge in [-0.2, -0.15) is 13.2 Å². The van der Waals surface area contributed by atoms with Gasteiger partial charge in [0.15, 0.2) is 0 Å². The molecule has 0 saturated carbocycles. The van der Waals surface area contributed by atoms with Crippen molar-refractivity contribution in [3.8, 4) is 0 Å². The fourth-order valence-electron chi connectivity index (χ4n) is 1.24. The van der Waals surface area contributed by atoms with Crippen LogP contribution in [-0.4, -0.2) is 19.9 Å². The molecule has 0 aliphatic heterocycles. The van der Waals surface area contributed by atoms with E-state index in [0.29, 0.717) is 5.69 Å². The smallest absolute Gasteiger partial charge is 0.388 e. The number of benzene rings is 1. The summed E-state index contributed by atoms with van der Waals surface area (Å²) in [6, 6.07) is 6.01. The normalized spacial score (nSPS) is 12.4. The fourth-order valence-corrected chi connectivity index (χ4v) is 1.24. The van der Waals surface area contributed by atoms with E-state index in [1.165, 1.54) is 12.1 Å². The average molecular weight is 228 g/mol. The molecule has 86 valence electrons. The van der Waals surface area contributed by atoms with E-state index in [0.717, 1.165) is 6.20 Å². The van der Waals surface area contributed by atoms with E-state index in [1.807, 2.05) is 0 Å². The molecule has 0 unspecified atom stereocenters. The summed E-state index contributed by atoms with van der Waals surface area (Å²) in [6.45, 7) is 3.04. The highest BCUT2D eigenvalue weighted by Gasteiger charge is 2.34. The molecular weight excluding hydrogens is 217 g/mol. The van der Waals surface area contributed by atoms with Gasteiger partial charge < -0.3 is 5.32 Å². The van der Waals surface area contributed by atoms with Crippen molar-refractivity contribution >= 4 is 18.0 Å². The molecule has 0 fully saturated rings. The average Bonchev–Trinajstić information content (AvgIpc) is 2.24. The van der Waals surface area contributed by atoms with Crippen molar-refractivity contribution in [1.29, 1.82) is 0 Å². The molecule has 2 nitrogen and oxygen atoms in total. The molecule has 0 aliphatic rings. The van der Waals surface area contributed by atoms with Gasteiger partial charge in [-0.05, 0) is 24.4 Å². The predicted octanol–water partition coefficient (Wildman–Crippen LogP) is 3.33. The first-order chi connectivity index (χ1) is 7.49.